The van der Waals surface area contributed by atoms with Gasteiger partial charge in [-0.15, -0.1) is 0 Å². The molecule has 3 aromatic rings. The molecule has 33 heavy (non-hydrogen) atoms. The van der Waals surface area contributed by atoms with E-state index < -0.39 is 21.9 Å². The number of amides is 1. The number of benzene rings is 3. The average molecular weight is 469 g/mol. The summed E-state index contributed by atoms with van der Waals surface area (Å²) < 4.78 is 47.1. The van der Waals surface area contributed by atoms with Crippen LogP contribution >= 0.6 is 0 Å². The maximum atomic E-state index is 13.2. The molecule has 172 valence electrons. The topological polar surface area (TPSA) is 75.7 Å². The van der Waals surface area contributed by atoms with Crippen LogP contribution in [0.3, 0.4) is 0 Å². The zero-order valence-electron chi connectivity index (χ0n) is 18.4. The predicted octanol–water partition coefficient (Wildman–Crippen LogP) is 4.89. The number of fused-ring (bicyclic) bond motifs is 1. The van der Waals surface area contributed by atoms with E-state index in [1.165, 1.54) is 12.1 Å². The molecule has 1 aliphatic rings. The van der Waals surface area contributed by atoms with E-state index in [4.69, 9.17) is 4.74 Å². The fraction of sp³-hybridized carbons (Fsp3) is 0.240. The van der Waals surface area contributed by atoms with Crippen LogP contribution in [0.2, 0.25) is 0 Å². The van der Waals surface area contributed by atoms with Crippen molar-refractivity contribution >= 4 is 21.6 Å². The van der Waals surface area contributed by atoms with Crippen molar-refractivity contribution in [1.82, 2.24) is 4.90 Å². The number of ether oxygens (including phenoxy) is 1. The molecule has 6 nitrogen and oxygen atoms in total. The molecule has 8 heteroatoms. The summed E-state index contributed by atoms with van der Waals surface area (Å²) in [6.07, 6.45) is 0.0417. The Balaban J connectivity index is 1.66. The van der Waals surface area contributed by atoms with Gasteiger partial charge in [0.1, 0.15) is 11.6 Å². The first-order chi connectivity index (χ1) is 15.8. The third kappa shape index (κ3) is 4.85. The monoisotopic (exact) mass is 468 g/mol. The van der Waals surface area contributed by atoms with Gasteiger partial charge in [0.25, 0.3) is 15.9 Å². The molecule has 1 aliphatic heterocycles. The van der Waals surface area contributed by atoms with Crippen molar-refractivity contribution in [3.05, 3.63) is 89.7 Å². The lowest BCUT2D eigenvalue weighted by Crippen LogP contribution is -2.40. The number of halogens is 1. The lowest BCUT2D eigenvalue weighted by atomic mass is 10.0. The molecular formula is C25H25FN2O4S. The second-order valence-corrected chi connectivity index (χ2v) is 9.63. The van der Waals surface area contributed by atoms with E-state index in [1.807, 2.05) is 37.3 Å². The summed E-state index contributed by atoms with van der Waals surface area (Å²) in [4.78, 5) is 14.9. The molecular weight excluding hydrogens is 443 g/mol. The fourth-order valence-corrected chi connectivity index (χ4v) is 5.07. The third-order valence-electron chi connectivity index (χ3n) is 5.66. The Bertz CT molecular complexity index is 1250. The number of nitrogens with one attached hydrogen (secondary N) is 1. The number of hydrogen-bond donors (Lipinski definition) is 1. The lowest BCUT2D eigenvalue weighted by molar-refractivity contribution is -0.140. The van der Waals surface area contributed by atoms with Gasteiger partial charge in [-0.3, -0.25) is 9.52 Å². The van der Waals surface area contributed by atoms with E-state index in [9.17, 15) is 17.6 Å². The molecule has 0 fully saturated rings. The molecule has 0 saturated heterocycles. The molecule has 2 atom stereocenters. The van der Waals surface area contributed by atoms with Gasteiger partial charge in [-0.1, -0.05) is 37.3 Å². The Hall–Kier alpha value is -3.39. The highest BCUT2D eigenvalue weighted by Crippen LogP contribution is 2.34. The van der Waals surface area contributed by atoms with E-state index in [1.54, 1.807) is 30.0 Å². The normalized spacial score (nSPS) is 17.0. The van der Waals surface area contributed by atoms with Crippen molar-refractivity contribution in [2.24, 2.45) is 0 Å². The van der Waals surface area contributed by atoms with E-state index in [0.717, 1.165) is 17.7 Å². The number of rotatable bonds is 6. The Morgan fingerprint density at radius 3 is 2.45 bits per heavy atom. The molecule has 1 amide bonds. The van der Waals surface area contributed by atoms with Crippen LogP contribution in [-0.4, -0.2) is 25.3 Å². The number of carbonyl (C=O) groups excluding carboxylic acids is 1. The molecule has 3 aromatic carbocycles. The predicted molar refractivity (Wildman–Crippen MR) is 124 cm³/mol. The third-order valence-corrected chi connectivity index (χ3v) is 7.06. The summed E-state index contributed by atoms with van der Waals surface area (Å²) in [5.41, 5.74) is 2.05. The second-order valence-electron chi connectivity index (χ2n) is 7.94. The molecule has 0 aliphatic carbocycles. The van der Waals surface area contributed by atoms with Gasteiger partial charge in [-0.2, -0.15) is 0 Å². The van der Waals surface area contributed by atoms with E-state index in [2.05, 4.69) is 4.72 Å². The highest BCUT2D eigenvalue weighted by molar-refractivity contribution is 7.92. The Morgan fingerprint density at radius 1 is 1.09 bits per heavy atom. The summed E-state index contributed by atoms with van der Waals surface area (Å²) in [5, 5.41) is 0. The molecule has 0 unspecified atom stereocenters. The van der Waals surface area contributed by atoms with Crippen LogP contribution in [0.5, 0.6) is 5.75 Å². The Labute approximate surface area is 193 Å². The van der Waals surface area contributed by atoms with E-state index in [0.29, 0.717) is 23.4 Å². The van der Waals surface area contributed by atoms with Gasteiger partial charge in [0.15, 0.2) is 6.10 Å². The fourth-order valence-electron chi connectivity index (χ4n) is 4.02. The van der Waals surface area contributed by atoms with Crippen molar-refractivity contribution in [2.45, 2.75) is 43.9 Å². The maximum Gasteiger partial charge on any atom is 0.264 e. The summed E-state index contributed by atoms with van der Waals surface area (Å²) in [7, 11) is -3.90. The van der Waals surface area contributed by atoms with Gasteiger partial charge in [0, 0.05) is 11.3 Å². The van der Waals surface area contributed by atoms with Crippen LogP contribution < -0.4 is 9.46 Å². The molecule has 4 rings (SSSR count). The van der Waals surface area contributed by atoms with Crippen molar-refractivity contribution in [3.63, 3.8) is 0 Å². The Kier molecular flexibility index (Phi) is 6.37. The molecule has 0 aromatic heterocycles. The first-order valence-corrected chi connectivity index (χ1v) is 12.2. The highest BCUT2D eigenvalue weighted by Gasteiger charge is 2.33. The minimum atomic E-state index is -3.90. The lowest BCUT2D eigenvalue weighted by Gasteiger charge is -2.31. The van der Waals surface area contributed by atoms with Crippen molar-refractivity contribution in [2.75, 3.05) is 4.72 Å². The summed E-state index contributed by atoms with van der Waals surface area (Å²) in [5.74, 6) is -0.111. The summed E-state index contributed by atoms with van der Waals surface area (Å²) in [6, 6.07) is 19.2. The summed E-state index contributed by atoms with van der Waals surface area (Å²) >= 11 is 0. The second kappa shape index (κ2) is 9.23. The number of carbonyl (C=O) groups is 1. The van der Waals surface area contributed by atoms with E-state index in [-0.39, 0.29) is 23.4 Å². The molecule has 0 bridgehead atoms. The van der Waals surface area contributed by atoms with Gasteiger partial charge >= 0.3 is 0 Å². The van der Waals surface area contributed by atoms with Crippen LogP contribution in [0, 0.1) is 5.82 Å². The minimum absolute atomic E-state index is 0.0457. The highest BCUT2D eigenvalue weighted by atomic mass is 32.2. The quantitative estimate of drug-likeness (QED) is 0.559. The Morgan fingerprint density at radius 2 is 1.79 bits per heavy atom. The van der Waals surface area contributed by atoms with Gasteiger partial charge in [-0.25, -0.2) is 12.8 Å². The molecule has 1 N–H and O–H groups in total. The minimum Gasteiger partial charge on any atom is -0.481 e. The average Bonchev–Trinajstić information content (AvgIpc) is 2.92. The molecule has 0 spiro atoms. The van der Waals surface area contributed by atoms with Gasteiger partial charge in [-0.05, 0) is 61.4 Å². The number of anilines is 1. The first kappa shape index (κ1) is 22.8. The number of nitrogens with zero attached hydrogens (tertiary/aromatic N) is 1. The van der Waals surface area contributed by atoms with E-state index >= 15 is 0 Å². The smallest absolute Gasteiger partial charge is 0.264 e. The van der Waals surface area contributed by atoms with Gasteiger partial charge < -0.3 is 9.64 Å². The largest absolute Gasteiger partial charge is 0.481 e. The van der Waals surface area contributed by atoms with Gasteiger partial charge in [0.05, 0.1) is 17.5 Å². The standard InChI is InChI=1S/C25H25FN2O4S/c1-3-23(18-7-5-4-6-8-18)28-16-19-15-21(11-14-24(19)32-17(2)25(28)29)27-33(30,31)22-12-9-20(26)10-13-22/h4-15,17,23,27H,3,16H2,1-2H3/t17-,23-/m0/s1. The molecule has 1 heterocycles. The zero-order valence-corrected chi connectivity index (χ0v) is 19.2. The first-order valence-electron chi connectivity index (χ1n) is 10.7. The van der Waals surface area contributed by atoms with Crippen LogP contribution in [0.1, 0.15) is 37.4 Å². The SMILES string of the molecule is CC[C@@H](c1ccccc1)N1Cc2cc(NS(=O)(=O)c3ccc(F)cc3)ccc2O[C@@H](C)C1=O. The van der Waals surface area contributed by atoms with Crippen LogP contribution in [0.4, 0.5) is 10.1 Å². The van der Waals surface area contributed by atoms with Gasteiger partial charge in [0.2, 0.25) is 0 Å². The zero-order chi connectivity index (χ0) is 23.6. The molecule has 0 radical (unpaired) electrons. The van der Waals surface area contributed by atoms with Crippen LogP contribution in [0.15, 0.2) is 77.7 Å². The van der Waals surface area contributed by atoms with Crippen LogP contribution in [0.25, 0.3) is 0 Å². The van der Waals surface area contributed by atoms with Crippen molar-refractivity contribution in [1.29, 1.82) is 0 Å². The maximum absolute atomic E-state index is 13.2. The van der Waals surface area contributed by atoms with Crippen molar-refractivity contribution < 1.29 is 22.3 Å². The van der Waals surface area contributed by atoms with Crippen molar-refractivity contribution in [3.8, 4) is 5.75 Å². The molecule has 0 saturated carbocycles. The number of hydrogen-bond acceptors (Lipinski definition) is 4. The van der Waals surface area contributed by atoms with Crippen LogP contribution in [-0.2, 0) is 21.4 Å². The summed E-state index contributed by atoms with van der Waals surface area (Å²) in [6.45, 7) is 4.01. The number of sulfonamides is 1.